The van der Waals surface area contributed by atoms with Crippen molar-refractivity contribution in [3.05, 3.63) is 54.6 Å². The number of H-pyrrole nitrogens is 1. The van der Waals surface area contributed by atoms with Gasteiger partial charge in [-0.25, -0.2) is 9.98 Å². The number of para-hydroxylation sites is 1. The van der Waals surface area contributed by atoms with E-state index in [9.17, 15) is 0 Å². The van der Waals surface area contributed by atoms with E-state index in [1.807, 2.05) is 18.2 Å². The molecule has 1 aromatic carbocycles. The van der Waals surface area contributed by atoms with Crippen LogP contribution >= 0.6 is 0 Å². The van der Waals surface area contributed by atoms with Crippen molar-refractivity contribution in [2.24, 2.45) is 4.99 Å². The quantitative estimate of drug-likeness (QED) is 0.277. The number of aliphatic imine (C=N–C) groups is 1. The van der Waals surface area contributed by atoms with Gasteiger partial charge in [-0.15, -0.1) is 5.10 Å². The number of guanidine groups is 1. The first-order valence-electron chi connectivity index (χ1n) is 10.1. The fourth-order valence-electron chi connectivity index (χ4n) is 2.96. The summed E-state index contributed by atoms with van der Waals surface area (Å²) in [7, 11) is 0. The molecule has 0 radical (unpaired) electrons. The van der Waals surface area contributed by atoms with E-state index >= 15 is 0 Å². The summed E-state index contributed by atoms with van der Waals surface area (Å²) in [5, 5.41) is 13.7. The maximum absolute atomic E-state index is 5.31. The smallest absolute Gasteiger partial charge is 0.216 e. The summed E-state index contributed by atoms with van der Waals surface area (Å²) in [6.07, 6.45) is 2.62. The Morgan fingerprint density at radius 1 is 1.14 bits per heavy atom. The molecule has 0 saturated carbocycles. The average Bonchev–Trinajstić information content (AvgIpc) is 3.44. The lowest BCUT2D eigenvalue weighted by Gasteiger charge is -2.23. The fourth-order valence-corrected chi connectivity index (χ4v) is 2.96. The molecule has 8 nitrogen and oxygen atoms in total. The number of anilines is 1. The van der Waals surface area contributed by atoms with Crippen molar-refractivity contribution >= 4 is 11.6 Å². The van der Waals surface area contributed by atoms with Gasteiger partial charge in [0, 0.05) is 31.9 Å². The first-order chi connectivity index (χ1) is 14.3. The highest BCUT2D eigenvalue weighted by molar-refractivity contribution is 5.79. The summed E-state index contributed by atoms with van der Waals surface area (Å²) < 4.78 is 5.31. The minimum absolute atomic E-state index is 0.411. The maximum Gasteiger partial charge on any atom is 0.216 e. The molecule has 3 rings (SSSR count). The van der Waals surface area contributed by atoms with Gasteiger partial charge in [-0.2, -0.15) is 0 Å². The van der Waals surface area contributed by atoms with Crippen LogP contribution < -0.4 is 15.5 Å². The van der Waals surface area contributed by atoms with Crippen molar-refractivity contribution in [1.82, 2.24) is 25.8 Å². The minimum atomic E-state index is 0.411. The highest BCUT2D eigenvalue weighted by Crippen LogP contribution is 2.14. The fraction of sp³-hybridized carbons (Fsp3) is 0.381. The molecule has 0 amide bonds. The molecule has 0 bridgehead atoms. The van der Waals surface area contributed by atoms with E-state index in [1.165, 1.54) is 5.69 Å². The van der Waals surface area contributed by atoms with Crippen molar-refractivity contribution in [1.29, 1.82) is 0 Å². The molecule has 29 heavy (non-hydrogen) atoms. The van der Waals surface area contributed by atoms with Crippen LogP contribution in [-0.4, -0.2) is 47.3 Å². The van der Waals surface area contributed by atoms with Gasteiger partial charge in [-0.1, -0.05) is 18.2 Å². The van der Waals surface area contributed by atoms with E-state index in [1.54, 1.807) is 6.26 Å². The summed E-state index contributed by atoms with van der Waals surface area (Å²) >= 11 is 0. The molecule has 0 saturated heterocycles. The molecule has 0 fully saturated rings. The number of hydrogen-bond donors (Lipinski definition) is 3. The Bertz CT molecular complexity index is 858. The van der Waals surface area contributed by atoms with Crippen molar-refractivity contribution in [3.63, 3.8) is 0 Å². The van der Waals surface area contributed by atoms with Gasteiger partial charge in [0.15, 0.2) is 11.7 Å². The molecular formula is C21H29N7O. The van der Waals surface area contributed by atoms with Crippen molar-refractivity contribution in [2.75, 3.05) is 31.1 Å². The molecule has 2 heterocycles. The van der Waals surface area contributed by atoms with Crippen LogP contribution in [0.25, 0.3) is 11.6 Å². The topological polar surface area (TPSA) is 94.4 Å². The summed E-state index contributed by atoms with van der Waals surface area (Å²) in [6, 6.07) is 14.1. The summed E-state index contributed by atoms with van der Waals surface area (Å²) in [6.45, 7) is 8.25. The van der Waals surface area contributed by atoms with Crippen molar-refractivity contribution in [3.8, 4) is 11.6 Å². The van der Waals surface area contributed by atoms with Gasteiger partial charge in [0.05, 0.1) is 6.26 Å². The highest BCUT2D eigenvalue weighted by Gasteiger charge is 2.08. The lowest BCUT2D eigenvalue weighted by molar-refractivity contribution is 0.577. The van der Waals surface area contributed by atoms with E-state index in [0.29, 0.717) is 24.0 Å². The molecule has 0 spiro atoms. The van der Waals surface area contributed by atoms with Gasteiger partial charge in [-0.05, 0) is 44.5 Å². The Morgan fingerprint density at radius 2 is 2.00 bits per heavy atom. The van der Waals surface area contributed by atoms with Gasteiger partial charge in [0.25, 0.3) is 0 Å². The second kappa shape index (κ2) is 10.9. The zero-order valence-corrected chi connectivity index (χ0v) is 17.1. The Balaban J connectivity index is 1.48. The van der Waals surface area contributed by atoms with E-state index in [-0.39, 0.29) is 0 Å². The molecule has 0 aliphatic carbocycles. The molecule has 0 atom stereocenters. The van der Waals surface area contributed by atoms with Crippen molar-refractivity contribution < 1.29 is 4.42 Å². The van der Waals surface area contributed by atoms with Crippen LogP contribution in [-0.2, 0) is 6.54 Å². The monoisotopic (exact) mass is 395 g/mol. The third-order valence-corrected chi connectivity index (χ3v) is 4.40. The van der Waals surface area contributed by atoms with Crippen LogP contribution in [0.2, 0.25) is 0 Å². The van der Waals surface area contributed by atoms with Gasteiger partial charge in [-0.3, -0.25) is 5.10 Å². The van der Waals surface area contributed by atoms with Crippen LogP contribution in [0.4, 0.5) is 5.69 Å². The van der Waals surface area contributed by atoms with Crippen LogP contribution in [0.3, 0.4) is 0 Å². The molecular weight excluding hydrogens is 366 g/mol. The van der Waals surface area contributed by atoms with Gasteiger partial charge >= 0.3 is 0 Å². The molecule has 154 valence electrons. The number of nitrogens with one attached hydrogen (secondary N) is 3. The van der Waals surface area contributed by atoms with Gasteiger partial charge < -0.3 is 20.0 Å². The molecule has 0 unspecified atom stereocenters. The second-order valence-corrected chi connectivity index (χ2v) is 6.47. The lowest BCUT2D eigenvalue weighted by Crippen LogP contribution is -2.38. The molecule has 8 heteroatoms. The summed E-state index contributed by atoms with van der Waals surface area (Å²) in [5.74, 6) is 2.64. The number of aromatic nitrogens is 3. The zero-order valence-electron chi connectivity index (χ0n) is 17.1. The Kier molecular flexibility index (Phi) is 7.68. The Morgan fingerprint density at radius 3 is 2.72 bits per heavy atom. The Labute approximate surface area is 171 Å². The van der Waals surface area contributed by atoms with Crippen LogP contribution in [0.5, 0.6) is 0 Å². The standard InChI is InChI=1S/C21H29N7O/c1-3-22-21(23-13-9-14-28(4-2)17-10-6-5-7-11-17)24-16-19-25-20(27-26-19)18-12-8-15-29-18/h5-8,10-12,15H,3-4,9,13-14,16H2,1-2H3,(H2,22,23,24)(H,25,26,27). The highest BCUT2D eigenvalue weighted by atomic mass is 16.3. The summed E-state index contributed by atoms with van der Waals surface area (Å²) in [5.41, 5.74) is 1.26. The molecule has 3 aromatic rings. The van der Waals surface area contributed by atoms with Crippen LogP contribution in [0.15, 0.2) is 58.1 Å². The van der Waals surface area contributed by atoms with E-state index < -0.39 is 0 Å². The third-order valence-electron chi connectivity index (χ3n) is 4.40. The average molecular weight is 396 g/mol. The van der Waals surface area contributed by atoms with E-state index in [4.69, 9.17) is 4.42 Å². The molecule has 0 aliphatic rings. The van der Waals surface area contributed by atoms with Crippen LogP contribution in [0.1, 0.15) is 26.1 Å². The minimum Gasteiger partial charge on any atom is -0.461 e. The number of nitrogens with zero attached hydrogens (tertiary/aromatic N) is 4. The largest absolute Gasteiger partial charge is 0.461 e. The first-order valence-corrected chi connectivity index (χ1v) is 10.1. The normalized spacial score (nSPS) is 11.4. The van der Waals surface area contributed by atoms with E-state index in [2.05, 4.69) is 73.8 Å². The van der Waals surface area contributed by atoms with Crippen LogP contribution in [0, 0.1) is 0 Å². The summed E-state index contributed by atoms with van der Waals surface area (Å²) in [4.78, 5) is 11.4. The molecule has 3 N–H and O–H groups in total. The second-order valence-electron chi connectivity index (χ2n) is 6.47. The molecule has 0 aliphatic heterocycles. The number of hydrogen-bond acceptors (Lipinski definition) is 5. The number of aromatic amines is 1. The van der Waals surface area contributed by atoms with Gasteiger partial charge in [0.2, 0.25) is 5.82 Å². The number of benzene rings is 1. The predicted octanol–water partition coefficient (Wildman–Crippen LogP) is 3.04. The zero-order chi connectivity index (χ0) is 20.3. The maximum atomic E-state index is 5.31. The third kappa shape index (κ3) is 6.10. The SMILES string of the molecule is CCNC(=NCc1nc(-c2ccco2)n[nH]1)NCCCN(CC)c1ccccc1. The lowest BCUT2D eigenvalue weighted by atomic mass is 10.2. The van der Waals surface area contributed by atoms with Gasteiger partial charge in [0.1, 0.15) is 12.4 Å². The van der Waals surface area contributed by atoms with Crippen molar-refractivity contribution in [2.45, 2.75) is 26.8 Å². The molecule has 2 aromatic heterocycles. The predicted molar refractivity (Wildman–Crippen MR) is 116 cm³/mol. The van der Waals surface area contributed by atoms with E-state index in [0.717, 1.165) is 38.6 Å². The Hall–Kier alpha value is -3.29. The number of furan rings is 1. The first kappa shape index (κ1) is 20.4. The number of rotatable bonds is 10.